The summed E-state index contributed by atoms with van der Waals surface area (Å²) in [4.78, 5) is 0.277. The minimum atomic E-state index is -3.60. The van der Waals surface area contributed by atoms with Crippen molar-refractivity contribution in [3.63, 3.8) is 0 Å². The molecular formula is C15H26N2O3S. The molecule has 0 aliphatic heterocycles. The number of nitrogens with two attached hydrogens (primary N) is 1. The van der Waals surface area contributed by atoms with Crippen molar-refractivity contribution in [3.05, 3.63) is 22.8 Å². The molecule has 5 nitrogen and oxygen atoms in total. The van der Waals surface area contributed by atoms with E-state index >= 15 is 0 Å². The lowest BCUT2D eigenvalue weighted by atomic mass is 10.0. The molecule has 0 aliphatic rings. The minimum Gasteiger partial charge on any atom is -0.398 e. The summed E-state index contributed by atoms with van der Waals surface area (Å²) in [5, 5.41) is 8.98. The lowest BCUT2D eigenvalue weighted by molar-refractivity contribution is 0.254. The number of nitrogen functional groups attached to an aromatic ring is 1. The summed E-state index contributed by atoms with van der Waals surface area (Å²) in [5.74, 6) is 0.132. The van der Waals surface area contributed by atoms with E-state index in [-0.39, 0.29) is 17.4 Å². The predicted molar refractivity (Wildman–Crippen MR) is 85.7 cm³/mol. The van der Waals surface area contributed by atoms with Crippen LogP contribution in [0.2, 0.25) is 0 Å². The minimum absolute atomic E-state index is 0.0652. The van der Waals surface area contributed by atoms with Crippen LogP contribution in [0.3, 0.4) is 0 Å². The van der Waals surface area contributed by atoms with E-state index < -0.39 is 10.0 Å². The van der Waals surface area contributed by atoms with Crippen LogP contribution in [0.1, 0.15) is 36.5 Å². The normalized spacial score (nSPS) is 13.4. The molecule has 1 atom stereocenters. The maximum Gasteiger partial charge on any atom is 0.241 e. The van der Waals surface area contributed by atoms with Crippen molar-refractivity contribution < 1.29 is 13.5 Å². The summed E-state index contributed by atoms with van der Waals surface area (Å²) in [5.41, 5.74) is 8.55. The third-order valence-electron chi connectivity index (χ3n) is 4.02. The highest BCUT2D eigenvalue weighted by atomic mass is 32.2. The SMILES string of the molecule is CCC(CCO)CNS(=O)(=O)c1c(C)c(C)cc(N)c1C. The standard InChI is InChI=1S/C15H26N2O3S/c1-5-13(6-7-18)9-17-21(19,20)15-11(3)10(2)8-14(16)12(15)4/h8,13,17-18H,5-7,9,16H2,1-4H3. The molecule has 1 aromatic rings. The first-order valence-electron chi connectivity index (χ1n) is 7.21. The highest BCUT2D eigenvalue weighted by Gasteiger charge is 2.23. The highest BCUT2D eigenvalue weighted by Crippen LogP contribution is 2.27. The van der Waals surface area contributed by atoms with E-state index in [1.807, 2.05) is 13.8 Å². The van der Waals surface area contributed by atoms with Crippen LogP contribution in [0.25, 0.3) is 0 Å². The van der Waals surface area contributed by atoms with E-state index in [1.165, 1.54) is 0 Å². The molecule has 0 fully saturated rings. The summed E-state index contributed by atoms with van der Waals surface area (Å²) in [6.45, 7) is 7.74. The zero-order valence-corrected chi connectivity index (χ0v) is 14.0. The molecule has 0 radical (unpaired) electrons. The molecule has 0 heterocycles. The molecule has 120 valence electrons. The largest absolute Gasteiger partial charge is 0.398 e. The molecule has 21 heavy (non-hydrogen) atoms. The quantitative estimate of drug-likeness (QED) is 0.670. The van der Waals surface area contributed by atoms with Gasteiger partial charge in [-0.1, -0.05) is 13.3 Å². The molecule has 6 heteroatoms. The summed E-state index contributed by atoms with van der Waals surface area (Å²) in [6.07, 6.45) is 1.41. The van der Waals surface area contributed by atoms with Crippen molar-refractivity contribution in [1.82, 2.24) is 4.72 Å². The smallest absolute Gasteiger partial charge is 0.241 e. The Morgan fingerprint density at radius 1 is 1.29 bits per heavy atom. The Kier molecular flexibility index (Phi) is 6.19. The first-order valence-corrected chi connectivity index (χ1v) is 8.69. The van der Waals surface area contributed by atoms with E-state index in [4.69, 9.17) is 10.8 Å². The van der Waals surface area contributed by atoms with Gasteiger partial charge >= 0.3 is 0 Å². The molecule has 0 bridgehead atoms. The van der Waals surface area contributed by atoms with Gasteiger partial charge in [0.05, 0.1) is 4.90 Å². The Morgan fingerprint density at radius 2 is 1.90 bits per heavy atom. The number of benzene rings is 1. The van der Waals surface area contributed by atoms with Gasteiger partial charge in [-0.25, -0.2) is 13.1 Å². The van der Waals surface area contributed by atoms with Crippen molar-refractivity contribution in [1.29, 1.82) is 0 Å². The Hall–Kier alpha value is -1.11. The van der Waals surface area contributed by atoms with Gasteiger partial charge in [-0.2, -0.15) is 0 Å². The van der Waals surface area contributed by atoms with Gasteiger partial charge in [-0.3, -0.25) is 0 Å². The lowest BCUT2D eigenvalue weighted by Gasteiger charge is -2.18. The molecule has 1 rings (SSSR count). The molecule has 0 aliphatic carbocycles. The van der Waals surface area contributed by atoms with Crippen molar-refractivity contribution in [2.24, 2.45) is 5.92 Å². The number of anilines is 1. The first kappa shape index (κ1) is 17.9. The zero-order chi connectivity index (χ0) is 16.2. The Labute approximate surface area is 127 Å². The topological polar surface area (TPSA) is 92.4 Å². The molecule has 0 saturated carbocycles. The van der Waals surface area contributed by atoms with E-state index in [1.54, 1.807) is 19.9 Å². The third-order valence-corrected chi connectivity index (χ3v) is 5.72. The second kappa shape index (κ2) is 7.24. The van der Waals surface area contributed by atoms with Crippen LogP contribution < -0.4 is 10.5 Å². The molecule has 1 aromatic carbocycles. The lowest BCUT2D eigenvalue weighted by Crippen LogP contribution is -2.31. The number of aryl methyl sites for hydroxylation is 1. The van der Waals surface area contributed by atoms with Crippen LogP contribution >= 0.6 is 0 Å². The molecule has 0 spiro atoms. The number of aliphatic hydroxyl groups is 1. The van der Waals surface area contributed by atoms with Crippen LogP contribution in [0.15, 0.2) is 11.0 Å². The van der Waals surface area contributed by atoms with Crippen molar-refractivity contribution in [3.8, 4) is 0 Å². The molecule has 4 N–H and O–H groups in total. The average molecular weight is 314 g/mol. The molecule has 0 aromatic heterocycles. The fraction of sp³-hybridized carbons (Fsp3) is 0.600. The summed E-state index contributed by atoms with van der Waals surface area (Å²) in [6, 6.07) is 1.80. The fourth-order valence-corrected chi connectivity index (χ4v) is 4.06. The number of hydrogen-bond acceptors (Lipinski definition) is 4. The van der Waals surface area contributed by atoms with Gasteiger partial charge in [0.15, 0.2) is 0 Å². The molecule has 0 saturated heterocycles. The van der Waals surface area contributed by atoms with Crippen LogP contribution in [-0.2, 0) is 10.0 Å². The summed E-state index contributed by atoms with van der Waals surface area (Å²) in [7, 11) is -3.60. The van der Waals surface area contributed by atoms with E-state index in [2.05, 4.69) is 4.72 Å². The van der Waals surface area contributed by atoms with Crippen LogP contribution in [-0.4, -0.2) is 26.7 Å². The zero-order valence-electron chi connectivity index (χ0n) is 13.2. The predicted octanol–water partition coefficient (Wildman–Crippen LogP) is 1.88. The maximum absolute atomic E-state index is 12.6. The van der Waals surface area contributed by atoms with Gasteiger partial charge in [-0.05, 0) is 55.9 Å². The number of sulfonamides is 1. The Balaban J connectivity index is 3.09. The van der Waals surface area contributed by atoms with E-state index in [0.29, 0.717) is 24.2 Å². The van der Waals surface area contributed by atoms with Gasteiger partial charge < -0.3 is 10.8 Å². The van der Waals surface area contributed by atoms with Crippen LogP contribution in [0.4, 0.5) is 5.69 Å². The Bertz CT molecular complexity index is 571. The molecule has 1 unspecified atom stereocenters. The van der Waals surface area contributed by atoms with Crippen molar-refractivity contribution >= 4 is 15.7 Å². The number of hydrogen-bond donors (Lipinski definition) is 3. The monoisotopic (exact) mass is 314 g/mol. The number of rotatable bonds is 7. The van der Waals surface area contributed by atoms with Crippen molar-refractivity contribution in [2.45, 2.75) is 45.4 Å². The number of nitrogens with one attached hydrogen (secondary N) is 1. The first-order chi connectivity index (χ1) is 9.74. The van der Waals surface area contributed by atoms with Gasteiger partial charge in [-0.15, -0.1) is 0 Å². The highest BCUT2D eigenvalue weighted by molar-refractivity contribution is 7.89. The van der Waals surface area contributed by atoms with E-state index in [9.17, 15) is 8.42 Å². The van der Waals surface area contributed by atoms with Gasteiger partial charge in [0, 0.05) is 18.8 Å². The fourth-order valence-electron chi connectivity index (χ4n) is 2.38. The summed E-state index contributed by atoms with van der Waals surface area (Å²) < 4.78 is 27.8. The summed E-state index contributed by atoms with van der Waals surface area (Å²) >= 11 is 0. The second-order valence-electron chi connectivity index (χ2n) is 5.50. The van der Waals surface area contributed by atoms with Crippen LogP contribution in [0, 0.1) is 26.7 Å². The van der Waals surface area contributed by atoms with E-state index in [0.717, 1.165) is 17.5 Å². The number of aliphatic hydroxyl groups excluding tert-OH is 1. The van der Waals surface area contributed by atoms with Crippen molar-refractivity contribution in [2.75, 3.05) is 18.9 Å². The third kappa shape index (κ3) is 4.18. The molecule has 0 amide bonds. The maximum atomic E-state index is 12.6. The molecular weight excluding hydrogens is 288 g/mol. The Morgan fingerprint density at radius 3 is 2.43 bits per heavy atom. The average Bonchev–Trinajstić information content (AvgIpc) is 2.41. The van der Waals surface area contributed by atoms with Gasteiger partial charge in [0.1, 0.15) is 0 Å². The van der Waals surface area contributed by atoms with Gasteiger partial charge in [0.25, 0.3) is 0 Å². The second-order valence-corrected chi connectivity index (χ2v) is 7.20. The van der Waals surface area contributed by atoms with Crippen LogP contribution in [0.5, 0.6) is 0 Å². The van der Waals surface area contributed by atoms with Gasteiger partial charge in [0.2, 0.25) is 10.0 Å².